The van der Waals surface area contributed by atoms with Crippen LogP contribution in [0.15, 0.2) is 34.5 Å². The normalized spacial score (nSPS) is 10.7. The zero-order valence-electron chi connectivity index (χ0n) is 9.42. The number of hydrogen-bond acceptors (Lipinski definition) is 3. The van der Waals surface area contributed by atoms with Crippen molar-refractivity contribution in [3.63, 3.8) is 0 Å². The maximum atomic E-state index is 5.54. The Balaban J connectivity index is 2.74. The molecule has 0 spiro atoms. The monoisotopic (exact) mass is 220 g/mol. The van der Waals surface area contributed by atoms with Crippen molar-refractivity contribution in [2.24, 2.45) is 21.7 Å². The molecule has 86 valence electrons. The first-order valence-electron chi connectivity index (χ1n) is 4.96. The minimum Gasteiger partial charge on any atom is -0.491 e. The number of hydrogen-bond donors (Lipinski definition) is 2. The van der Waals surface area contributed by atoms with Crippen molar-refractivity contribution in [2.75, 3.05) is 0 Å². The third-order valence-corrected chi connectivity index (χ3v) is 1.61. The van der Waals surface area contributed by atoms with Gasteiger partial charge in [-0.05, 0) is 31.5 Å². The summed E-state index contributed by atoms with van der Waals surface area (Å²) in [6.07, 6.45) is 1.71. The van der Waals surface area contributed by atoms with Gasteiger partial charge in [-0.2, -0.15) is 5.10 Å². The van der Waals surface area contributed by atoms with Gasteiger partial charge >= 0.3 is 0 Å². The maximum absolute atomic E-state index is 5.54. The van der Waals surface area contributed by atoms with E-state index in [0.29, 0.717) is 0 Å². The van der Waals surface area contributed by atoms with Crippen LogP contribution in [0.5, 0.6) is 5.75 Å². The van der Waals surface area contributed by atoms with Crippen molar-refractivity contribution in [2.45, 2.75) is 20.0 Å². The second-order valence-electron chi connectivity index (χ2n) is 3.51. The van der Waals surface area contributed by atoms with Crippen LogP contribution < -0.4 is 16.2 Å². The smallest absolute Gasteiger partial charge is 0.211 e. The summed E-state index contributed by atoms with van der Waals surface area (Å²) < 4.78 is 5.54. The number of nitrogens with zero attached hydrogens (tertiary/aromatic N) is 2. The summed E-state index contributed by atoms with van der Waals surface area (Å²) in [4.78, 5) is 0. The molecular formula is C11H16N4O. The molecule has 0 atom stereocenters. The molecule has 5 heteroatoms. The molecule has 0 amide bonds. The minimum atomic E-state index is -0.0640. The van der Waals surface area contributed by atoms with E-state index in [9.17, 15) is 0 Å². The zero-order valence-corrected chi connectivity index (χ0v) is 9.42. The lowest BCUT2D eigenvalue weighted by atomic mass is 10.2. The SMILES string of the molecule is CC(C)Oc1cccc(/C=N\N=C(N)N)c1. The number of benzene rings is 1. The highest BCUT2D eigenvalue weighted by molar-refractivity contribution is 5.81. The van der Waals surface area contributed by atoms with Crippen LogP contribution in [0, 0.1) is 0 Å². The molecule has 0 unspecified atom stereocenters. The van der Waals surface area contributed by atoms with Gasteiger partial charge in [0.1, 0.15) is 5.75 Å². The molecule has 4 N–H and O–H groups in total. The molecule has 0 fully saturated rings. The predicted octanol–water partition coefficient (Wildman–Crippen LogP) is 1.08. The lowest BCUT2D eigenvalue weighted by Gasteiger charge is -2.09. The van der Waals surface area contributed by atoms with Gasteiger partial charge in [0.15, 0.2) is 0 Å². The van der Waals surface area contributed by atoms with E-state index in [0.717, 1.165) is 11.3 Å². The van der Waals surface area contributed by atoms with Crippen LogP contribution in [0.4, 0.5) is 0 Å². The molecule has 0 aliphatic heterocycles. The summed E-state index contributed by atoms with van der Waals surface area (Å²) in [5.74, 6) is 0.731. The van der Waals surface area contributed by atoms with Crippen LogP contribution in [-0.2, 0) is 0 Å². The van der Waals surface area contributed by atoms with Crippen molar-refractivity contribution in [3.05, 3.63) is 29.8 Å². The molecule has 1 aromatic rings. The average Bonchev–Trinajstić information content (AvgIpc) is 2.16. The van der Waals surface area contributed by atoms with E-state index in [1.807, 2.05) is 38.1 Å². The van der Waals surface area contributed by atoms with Gasteiger partial charge in [-0.25, -0.2) is 0 Å². The molecule has 0 aliphatic rings. The van der Waals surface area contributed by atoms with E-state index in [1.165, 1.54) is 0 Å². The van der Waals surface area contributed by atoms with E-state index >= 15 is 0 Å². The standard InChI is InChI=1S/C11H16N4O/c1-8(2)16-10-5-3-4-9(6-10)7-14-15-11(12)13/h3-8H,1-2H3,(H4,12,13,15)/b14-7-. The van der Waals surface area contributed by atoms with Crippen LogP contribution in [0.25, 0.3) is 0 Å². The largest absolute Gasteiger partial charge is 0.491 e. The molecular weight excluding hydrogens is 204 g/mol. The van der Waals surface area contributed by atoms with Gasteiger partial charge in [-0.3, -0.25) is 0 Å². The Kier molecular flexibility index (Phi) is 4.32. The van der Waals surface area contributed by atoms with Crippen molar-refractivity contribution < 1.29 is 4.74 Å². The topological polar surface area (TPSA) is 86.0 Å². The Hall–Kier alpha value is -2.04. The second kappa shape index (κ2) is 5.75. The molecule has 0 radical (unpaired) electrons. The Morgan fingerprint density at radius 1 is 1.38 bits per heavy atom. The van der Waals surface area contributed by atoms with Gasteiger partial charge < -0.3 is 16.2 Å². The first-order valence-corrected chi connectivity index (χ1v) is 4.96. The minimum absolute atomic E-state index is 0.0640. The fourth-order valence-corrected chi connectivity index (χ4v) is 1.10. The zero-order chi connectivity index (χ0) is 12.0. The Bertz CT molecular complexity index is 395. The van der Waals surface area contributed by atoms with E-state index in [4.69, 9.17) is 16.2 Å². The number of nitrogens with two attached hydrogens (primary N) is 2. The molecule has 5 nitrogen and oxygen atoms in total. The Morgan fingerprint density at radius 2 is 2.12 bits per heavy atom. The average molecular weight is 220 g/mol. The second-order valence-corrected chi connectivity index (χ2v) is 3.51. The quantitative estimate of drug-likeness (QED) is 0.452. The van der Waals surface area contributed by atoms with Crippen molar-refractivity contribution in [1.82, 2.24) is 0 Å². The molecule has 16 heavy (non-hydrogen) atoms. The van der Waals surface area contributed by atoms with Crippen molar-refractivity contribution in [1.29, 1.82) is 0 Å². The van der Waals surface area contributed by atoms with Crippen molar-refractivity contribution in [3.8, 4) is 5.75 Å². The van der Waals surface area contributed by atoms with E-state index < -0.39 is 0 Å². The predicted molar refractivity (Wildman–Crippen MR) is 65.6 cm³/mol. The molecule has 0 saturated heterocycles. The molecule has 1 aromatic carbocycles. The first kappa shape index (κ1) is 12.0. The third-order valence-electron chi connectivity index (χ3n) is 1.61. The van der Waals surface area contributed by atoms with Gasteiger partial charge in [0.2, 0.25) is 5.96 Å². The van der Waals surface area contributed by atoms with E-state index in [1.54, 1.807) is 6.21 Å². The fourth-order valence-electron chi connectivity index (χ4n) is 1.10. The highest BCUT2D eigenvalue weighted by atomic mass is 16.5. The molecule has 0 aliphatic carbocycles. The fraction of sp³-hybridized carbons (Fsp3) is 0.273. The van der Waals surface area contributed by atoms with Crippen LogP contribution in [0.3, 0.4) is 0 Å². The van der Waals surface area contributed by atoms with Crippen LogP contribution in [0.2, 0.25) is 0 Å². The maximum Gasteiger partial charge on any atom is 0.211 e. The molecule has 0 bridgehead atoms. The summed E-state index contributed by atoms with van der Waals surface area (Å²) in [5.41, 5.74) is 11.2. The van der Waals surface area contributed by atoms with Gasteiger partial charge in [-0.1, -0.05) is 12.1 Å². The summed E-state index contributed by atoms with van der Waals surface area (Å²) in [5, 5.41) is 7.23. The lowest BCUT2D eigenvalue weighted by Crippen LogP contribution is -2.21. The van der Waals surface area contributed by atoms with Gasteiger partial charge in [0.25, 0.3) is 0 Å². The lowest BCUT2D eigenvalue weighted by molar-refractivity contribution is 0.242. The highest BCUT2D eigenvalue weighted by Crippen LogP contribution is 2.13. The van der Waals surface area contributed by atoms with Gasteiger partial charge in [0, 0.05) is 0 Å². The Labute approximate surface area is 94.8 Å². The summed E-state index contributed by atoms with van der Waals surface area (Å²) in [7, 11) is 0. The Morgan fingerprint density at radius 3 is 2.75 bits per heavy atom. The third kappa shape index (κ3) is 4.45. The van der Waals surface area contributed by atoms with Crippen LogP contribution >= 0.6 is 0 Å². The number of ether oxygens (including phenoxy) is 1. The summed E-state index contributed by atoms with van der Waals surface area (Å²) in [6, 6.07) is 7.52. The number of rotatable bonds is 4. The van der Waals surface area contributed by atoms with Gasteiger partial charge in [-0.15, -0.1) is 5.10 Å². The summed E-state index contributed by atoms with van der Waals surface area (Å²) >= 11 is 0. The highest BCUT2D eigenvalue weighted by Gasteiger charge is 1.97. The molecule has 0 saturated carbocycles. The van der Waals surface area contributed by atoms with E-state index in [-0.39, 0.29) is 12.1 Å². The van der Waals surface area contributed by atoms with Gasteiger partial charge in [0.05, 0.1) is 12.3 Å². The molecule has 0 heterocycles. The number of guanidine groups is 1. The van der Waals surface area contributed by atoms with E-state index in [2.05, 4.69) is 10.2 Å². The van der Waals surface area contributed by atoms with Crippen LogP contribution in [-0.4, -0.2) is 18.3 Å². The first-order chi connectivity index (χ1) is 7.58. The molecule has 0 aromatic heterocycles. The van der Waals surface area contributed by atoms with Crippen LogP contribution in [0.1, 0.15) is 19.4 Å². The van der Waals surface area contributed by atoms with Crippen molar-refractivity contribution >= 4 is 12.2 Å². The molecule has 1 rings (SSSR count). The summed E-state index contributed by atoms with van der Waals surface area (Å²) in [6.45, 7) is 3.94.